The maximum atomic E-state index is 2.16. The molecule has 11 heavy (non-hydrogen) atoms. The van der Waals surface area contributed by atoms with Crippen LogP contribution in [0.25, 0.3) is 0 Å². The number of rotatable bonds is 2. The lowest BCUT2D eigenvalue weighted by molar-refractivity contribution is 0.402. The highest BCUT2D eigenvalue weighted by molar-refractivity contribution is 5.75. The second-order valence-electron chi connectivity index (χ2n) is 2.72. The third kappa shape index (κ3) is 3.84. The zero-order valence-electron chi connectivity index (χ0n) is 6.54. The van der Waals surface area contributed by atoms with Crippen molar-refractivity contribution in [1.82, 2.24) is 4.90 Å². The van der Waals surface area contributed by atoms with E-state index in [4.69, 9.17) is 0 Å². The lowest BCUT2D eigenvalue weighted by Crippen LogP contribution is -2.10. The van der Waals surface area contributed by atoms with Gasteiger partial charge in [0, 0.05) is 6.54 Å². The Hall–Kier alpha value is -0.755. The maximum Gasteiger partial charge on any atom is 0.0814 e. The highest BCUT2D eigenvalue weighted by atomic mass is 15.0. The van der Waals surface area contributed by atoms with Crippen LogP contribution in [0.2, 0.25) is 0 Å². The summed E-state index contributed by atoms with van der Waals surface area (Å²) in [5.41, 5.74) is 1.37. The summed E-state index contributed by atoms with van der Waals surface area (Å²) < 4.78 is 0. The summed E-state index contributed by atoms with van der Waals surface area (Å²) in [7, 11) is 4.15. The lowest BCUT2D eigenvalue weighted by Gasteiger charge is -2.08. The third-order valence-electron chi connectivity index (χ3n) is 1.34. The topological polar surface area (TPSA) is 3.24 Å². The molecule has 0 radical (unpaired) electrons. The molecule has 0 amide bonds. The zero-order valence-corrected chi connectivity index (χ0v) is 6.54. The summed E-state index contributed by atoms with van der Waals surface area (Å²) in [4.78, 5) is 2.16. The molecule has 0 heterocycles. The van der Waals surface area contributed by atoms with Crippen LogP contribution < -0.4 is 0 Å². The van der Waals surface area contributed by atoms with Crippen LogP contribution in [0.15, 0.2) is 30.3 Å². The van der Waals surface area contributed by atoms with Crippen molar-refractivity contribution in [3.8, 4) is 0 Å². The van der Waals surface area contributed by atoms with Gasteiger partial charge in [0.15, 0.2) is 0 Å². The molecule has 0 N–H and O–H groups in total. The largest absolute Gasteiger partial charge is 0.305 e. The van der Waals surface area contributed by atoms with E-state index in [1.165, 1.54) is 5.56 Å². The number of nitrogens with zero attached hydrogens (tertiary/aromatic N) is 1. The molecular weight excluding hydrogens is 133 g/mol. The summed E-state index contributed by atoms with van der Waals surface area (Å²) in [5.74, 6) is 0. The van der Waals surface area contributed by atoms with Crippen LogP contribution in [0, 0.1) is 0 Å². The van der Waals surface area contributed by atoms with E-state index in [1.54, 1.807) is 0 Å². The van der Waals surface area contributed by atoms with Crippen molar-refractivity contribution in [2.75, 3.05) is 14.1 Å². The van der Waals surface area contributed by atoms with Crippen molar-refractivity contribution in [3.63, 3.8) is 0 Å². The summed E-state index contributed by atoms with van der Waals surface area (Å²) in [6.45, 7) is 1.03. The molecule has 1 aromatic carbocycles. The molecule has 0 aliphatic heterocycles. The van der Waals surface area contributed by atoms with Crippen LogP contribution >= 0.6 is 0 Å². The molecular formula is C9H16BN. The second kappa shape index (κ2) is 4.97. The Kier molecular flexibility index (Phi) is 4.63. The van der Waals surface area contributed by atoms with E-state index in [2.05, 4.69) is 43.3 Å². The fourth-order valence-corrected chi connectivity index (χ4v) is 0.949. The minimum atomic E-state index is 0. The van der Waals surface area contributed by atoms with Crippen LogP contribution in [0.5, 0.6) is 0 Å². The van der Waals surface area contributed by atoms with Gasteiger partial charge in [0.05, 0.1) is 8.41 Å². The summed E-state index contributed by atoms with van der Waals surface area (Å²) in [5, 5.41) is 0. The maximum absolute atomic E-state index is 2.16. The molecule has 1 aromatic rings. The smallest absolute Gasteiger partial charge is 0.0814 e. The molecule has 0 aliphatic rings. The summed E-state index contributed by atoms with van der Waals surface area (Å²) >= 11 is 0. The molecule has 0 bridgehead atoms. The second-order valence-corrected chi connectivity index (χ2v) is 2.72. The Morgan fingerprint density at radius 1 is 1.09 bits per heavy atom. The number of hydrogen-bond acceptors (Lipinski definition) is 1. The predicted octanol–water partition coefficient (Wildman–Crippen LogP) is 0.564. The van der Waals surface area contributed by atoms with Crippen molar-refractivity contribution >= 4 is 8.41 Å². The van der Waals surface area contributed by atoms with Gasteiger partial charge < -0.3 is 4.90 Å². The fraction of sp³-hybridized carbons (Fsp3) is 0.333. The van der Waals surface area contributed by atoms with Gasteiger partial charge in [0.1, 0.15) is 0 Å². The first kappa shape index (κ1) is 10.2. The highest BCUT2D eigenvalue weighted by Crippen LogP contribution is 1.99. The van der Waals surface area contributed by atoms with E-state index >= 15 is 0 Å². The fourth-order valence-electron chi connectivity index (χ4n) is 0.949. The average Bonchev–Trinajstić information content (AvgIpc) is 1.88. The molecule has 0 spiro atoms. The first-order valence-electron chi connectivity index (χ1n) is 3.47. The quantitative estimate of drug-likeness (QED) is 0.555. The van der Waals surface area contributed by atoms with Crippen molar-refractivity contribution in [2.45, 2.75) is 6.54 Å². The Morgan fingerprint density at radius 2 is 1.64 bits per heavy atom. The van der Waals surface area contributed by atoms with E-state index in [0.29, 0.717) is 0 Å². The van der Waals surface area contributed by atoms with E-state index in [9.17, 15) is 0 Å². The molecule has 0 saturated heterocycles. The van der Waals surface area contributed by atoms with Gasteiger partial charge in [-0.25, -0.2) is 0 Å². The molecule has 60 valence electrons. The minimum Gasteiger partial charge on any atom is -0.305 e. The van der Waals surface area contributed by atoms with E-state index in [0.717, 1.165) is 6.54 Å². The standard InChI is InChI=1S/C9H13N.BH3/c1-10(2)8-9-6-4-3-5-7-9;/h3-7H,8H2,1-2H3;1H3. The molecule has 0 aromatic heterocycles. The lowest BCUT2D eigenvalue weighted by atomic mass is 10.2. The number of hydrogen-bond donors (Lipinski definition) is 0. The average molecular weight is 149 g/mol. The molecule has 0 atom stereocenters. The molecule has 1 nitrogen and oxygen atoms in total. The predicted molar refractivity (Wildman–Crippen MR) is 53.8 cm³/mol. The van der Waals surface area contributed by atoms with Gasteiger partial charge in [-0.05, 0) is 19.7 Å². The van der Waals surface area contributed by atoms with Gasteiger partial charge in [-0.1, -0.05) is 30.3 Å². The molecule has 0 aliphatic carbocycles. The molecule has 2 heteroatoms. The van der Waals surface area contributed by atoms with Crippen molar-refractivity contribution < 1.29 is 0 Å². The monoisotopic (exact) mass is 149 g/mol. The van der Waals surface area contributed by atoms with Crippen molar-refractivity contribution in [3.05, 3.63) is 35.9 Å². The Bertz CT molecular complexity index is 184. The van der Waals surface area contributed by atoms with Gasteiger partial charge >= 0.3 is 0 Å². The highest BCUT2D eigenvalue weighted by Gasteiger charge is 1.90. The Balaban J connectivity index is 0.000001000. The van der Waals surface area contributed by atoms with Crippen LogP contribution in [-0.4, -0.2) is 27.4 Å². The molecule has 0 unspecified atom stereocenters. The van der Waals surface area contributed by atoms with E-state index in [1.807, 2.05) is 6.07 Å². The van der Waals surface area contributed by atoms with Crippen LogP contribution in [0.1, 0.15) is 5.56 Å². The van der Waals surface area contributed by atoms with Crippen molar-refractivity contribution in [1.29, 1.82) is 0 Å². The Labute approximate surface area is 70.6 Å². The zero-order chi connectivity index (χ0) is 7.40. The van der Waals surface area contributed by atoms with Crippen molar-refractivity contribution in [2.24, 2.45) is 0 Å². The first-order valence-corrected chi connectivity index (χ1v) is 3.47. The van der Waals surface area contributed by atoms with Gasteiger partial charge in [0.25, 0.3) is 0 Å². The van der Waals surface area contributed by atoms with Gasteiger partial charge in [0.2, 0.25) is 0 Å². The van der Waals surface area contributed by atoms with Gasteiger partial charge in [-0.3, -0.25) is 0 Å². The normalized spacial score (nSPS) is 9.36. The summed E-state index contributed by atoms with van der Waals surface area (Å²) in [6, 6.07) is 10.5. The van der Waals surface area contributed by atoms with Crippen LogP contribution in [0.4, 0.5) is 0 Å². The third-order valence-corrected chi connectivity index (χ3v) is 1.34. The number of benzene rings is 1. The SMILES string of the molecule is B.CN(C)Cc1ccccc1. The van der Waals surface area contributed by atoms with Gasteiger partial charge in [-0.15, -0.1) is 0 Å². The Morgan fingerprint density at radius 3 is 2.09 bits per heavy atom. The minimum absolute atomic E-state index is 0. The van der Waals surface area contributed by atoms with Gasteiger partial charge in [-0.2, -0.15) is 0 Å². The van der Waals surface area contributed by atoms with Crippen LogP contribution in [-0.2, 0) is 6.54 Å². The van der Waals surface area contributed by atoms with E-state index in [-0.39, 0.29) is 8.41 Å². The van der Waals surface area contributed by atoms with Crippen LogP contribution in [0.3, 0.4) is 0 Å². The van der Waals surface area contributed by atoms with E-state index < -0.39 is 0 Å². The first-order chi connectivity index (χ1) is 4.79. The summed E-state index contributed by atoms with van der Waals surface area (Å²) in [6.07, 6.45) is 0. The molecule has 0 saturated carbocycles. The molecule has 0 fully saturated rings. The molecule has 1 rings (SSSR count).